The summed E-state index contributed by atoms with van der Waals surface area (Å²) in [5.74, 6) is 0.194. The van der Waals surface area contributed by atoms with E-state index in [0.29, 0.717) is 0 Å². The Labute approximate surface area is 113 Å². The third-order valence-corrected chi connectivity index (χ3v) is 4.57. The van der Waals surface area contributed by atoms with Gasteiger partial charge in [0.05, 0.1) is 5.69 Å². The van der Waals surface area contributed by atoms with Crippen LogP contribution in [0.3, 0.4) is 0 Å². The van der Waals surface area contributed by atoms with Crippen LogP contribution in [0.1, 0.15) is 56.5 Å². The smallest absolute Gasteiger partial charge is 0.228 e. The van der Waals surface area contributed by atoms with E-state index in [1.165, 1.54) is 29.8 Å². The van der Waals surface area contributed by atoms with E-state index in [0.717, 1.165) is 30.8 Å². The van der Waals surface area contributed by atoms with Crippen LogP contribution in [-0.4, -0.2) is 10.9 Å². The Balaban J connectivity index is 2.00. The first-order valence-corrected chi connectivity index (χ1v) is 7.81. The molecule has 1 heterocycles. The molecule has 0 aliphatic heterocycles. The maximum Gasteiger partial charge on any atom is 0.228 e. The van der Waals surface area contributed by atoms with E-state index >= 15 is 0 Å². The van der Waals surface area contributed by atoms with Crippen LogP contribution in [0.25, 0.3) is 0 Å². The van der Waals surface area contributed by atoms with E-state index in [4.69, 9.17) is 0 Å². The summed E-state index contributed by atoms with van der Waals surface area (Å²) in [4.78, 5) is 17.9. The van der Waals surface area contributed by atoms with E-state index in [1.54, 1.807) is 11.3 Å². The fourth-order valence-corrected chi connectivity index (χ4v) is 3.43. The summed E-state index contributed by atoms with van der Waals surface area (Å²) < 4.78 is 0. The highest BCUT2D eigenvalue weighted by atomic mass is 32.1. The lowest BCUT2D eigenvalue weighted by atomic mass is 10.1. The maximum atomic E-state index is 11.9. The molecule has 4 heteroatoms. The molecule has 0 radical (unpaired) electrons. The Kier molecular flexibility index (Phi) is 4.75. The van der Waals surface area contributed by atoms with Crippen molar-refractivity contribution in [3.05, 3.63) is 10.6 Å². The molecule has 1 aromatic heterocycles. The molecule has 2 rings (SSSR count). The fraction of sp³-hybridized carbons (Fsp3) is 0.714. The minimum atomic E-state index is 0.0821. The first-order chi connectivity index (χ1) is 8.70. The molecule has 0 fully saturated rings. The van der Waals surface area contributed by atoms with Gasteiger partial charge < -0.3 is 5.32 Å². The van der Waals surface area contributed by atoms with Gasteiger partial charge in [-0.3, -0.25) is 4.79 Å². The number of aromatic nitrogens is 1. The molecule has 1 N–H and O–H groups in total. The molecule has 1 unspecified atom stereocenters. The van der Waals surface area contributed by atoms with E-state index in [2.05, 4.69) is 17.2 Å². The number of anilines is 1. The molecule has 1 aliphatic rings. The molecule has 0 saturated carbocycles. The van der Waals surface area contributed by atoms with Crippen molar-refractivity contribution in [1.82, 2.24) is 4.98 Å². The second kappa shape index (κ2) is 6.32. The third-order valence-electron chi connectivity index (χ3n) is 3.50. The number of carbonyl (C=O) groups excluding carboxylic acids is 1. The number of fused-ring (bicyclic) bond motifs is 1. The standard InChI is InChI=1S/C14H22N2OS/c1-3-7-10(2)13(17)16-14-15-11-8-5-4-6-9-12(11)18-14/h10H,3-9H2,1-2H3,(H,15,16,17). The monoisotopic (exact) mass is 266 g/mol. The van der Waals surface area contributed by atoms with E-state index in [9.17, 15) is 4.79 Å². The van der Waals surface area contributed by atoms with Gasteiger partial charge in [-0.25, -0.2) is 4.98 Å². The molecule has 1 amide bonds. The molecule has 18 heavy (non-hydrogen) atoms. The Hall–Kier alpha value is -0.900. The van der Waals surface area contributed by atoms with Gasteiger partial charge in [0.25, 0.3) is 0 Å². The van der Waals surface area contributed by atoms with E-state index < -0.39 is 0 Å². The Morgan fingerprint density at radius 2 is 2.17 bits per heavy atom. The van der Waals surface area contributed by atoms with Gasteiger partial charge in [0.2, 0.25) is 5.91 Å². The summed E-state index contributed by atoms with van der Waals surface area (Å²) in [6, 6.07) is 0. The lowest BCUT2D eigenvalue weighted by Gasteiger charge is -2.08. The minimum absolute atomic E-state index is 0.0821. The largest absolute Gasteiger partial charge is 0.302 e. The van der Waals surface area contributed by atoms with Crippen LogP contribution in [0.2, 0.25) is 0 Å². The second-order valence-corrected chi connectivity index (χ2v) is 6.21. The molecule has 1 aliphatic carbocycles. The molecule has 1 atom stereocenters. The van der Waals surface area contributed by atoms with Crippen molar-refractivity contribution in [2.75, 3.05) is 5.32 Å². The zero-order valence-electron chi connectivity index (χ0n) is 11.3. The summed E-state index contributed by atoms with van der Waals surface area (Å²) in [7, 11) is 0. The first-order valence-electron chi connectivity index (χ1n) is 7.00. The summed E-state index contributed by atoms with van der Waals surface area (Å²) in [6.45, 7) is 4.09. The third kappa shape index (κ3) is 3.31. The summed E-state index contributed by atoms with van der Waals surface area (Å²) in [5, 5.41) is 3.77. The van der Waals surface area contributed by atoms with E-state index in [-0.39, 0.29) is 11.8 Å². The van der Waals surface area contributed by atoms with Crippen LogP contribution in [0.15, 0.2) is 0 Å². The zero-order chi connectivity index (χ0) is 13.0. The van der Waals surface area contributed by atoms with Gasteiger partial charge in [-0.05, 0) is 32.1 Å². The van der Waals surface area contributed by atoms with Crippen LogP contribution in [0, 0.1) is 5.92 Å². The predicted octanol–water partition coefficient (Wildman–Crippen LogP) is 3.79. The van der Waals surface area contributed by atoms with Crippen LogP contribution in [-0.2, 0) is 17.6 Å². The highest BCUT2D eigenvalue weighted by Crippen LogP contribution is 2.29. The number of hydrogen-bond acceptors (Lipinski definition) is 3. The number of nitrogens with zero attached hydrogens (tertiary/aromatic N) is 1. The quantitative estimate of drug-likeness (QED) is 0.843. The molecule has 0 bridgehead atoms. The number of amides is 1. The molecule has 0 saturated heterocycles. The number of nitrogens with one attached hydrogen (secondary N) is 1. The Bertz CT molecular complexity index is 390. The molecule has 100 valence electrons. The van der Waals surface area contributed by atoms with Crippen LogP contribution < -0.4 is 5.32 Å². The summed E-state index contributed by atoms with van der Waals surface area (Å²) in [5.41, 5.74) is 1.22. The highest BCUT2D eigenvalue weighted by Gasteiger charge is 2.17. The van der Waals surface area contributed by atoms with Gasteiger partial charge in [0.15, 0.2) is 5.13 Å². The number of rotatable bonds is 4. The average Bonchev–Trinajstić information content (AvgIpc) is 2.59. The van der Waals surface area contributed by atoms with Crippen molar-refractivity contribution >= 4 is 22.4 Å². The number of thiazole rings is 1. The van der Waals surface area contributed by atoms with Crippen molar-refractivity contribution < 1.29 is 4.79 Å². The van der Waals surface area contributed by atoms with Crippen molar-refractivity contribution in [2.24, 2.45) is 5.92 Å². The van der Waals surface area contributed by atoms with Crippen LogP contribution >= 0.6 is 11.3 Å². The van der Waals surface area contributed by atoms with Gasteiger partial charge in [0, 0.05) is 10.8 Å². The SMILES string of the molecule is CCCC(C)C(=O)Nc1nc2c(s1)CCCCC2. The normalized spacial score (nSPS) is 16.8. The zero-order valence-corrected chi connectivity index (χ0v) is 12.1. The lowest BCUT2D eigenvalue weighted by molar-refractivity contribution is -0.119. The Morgan fingerprint density at radius 1 is 1.39 bits per heavy atom. The summed E-state index contributed by atoms with van der Waals surface area (Å²) >= 11 is 1.67. The van der Waals surface area contributed by atoms with Gasteiger partial charge in [-0.15, -0.1) is 11.3 Å². The fourth-order valence-electron chi connectivity index (χ4n) is 2.37. The van der Waals surface area contributed by atoms with Gasteiger partial charge >= 0.3 is 0 Å². The lowest BCUT2D eigenvalue weighted by Crippen LogP contribution is -2.20. The molecule has 1 aromatic rings. The predicted molar refractivity (Wildman–Crippen MR) is 76.1 cm³/mol. The average molecular weight is 266 g/mol. The van der Waals surface area contributed by atoms with Crippen molar-refractivity contribution in [1.29, 1.82) is 0 Å². The number of carbonyl (C=O) groups is 1. The molecular formula is C14H22N2OS. The van der Waals surface area contributed by atoms with Gasteiger partial charge in [0.1, 0.15) is 0 Å². The second-order valence-electron chi connectivity index (χ2n) is 5.13. The molecule has 0 aromatic carbocycles. The van der Waals surface area contributed by atoms with Crippen LogP contribution in [0.4, 0.5) is 5.13 Å². The topological polar surface area (TPSA) is 42.0 Å². The minimum Gasteiger partial charge on any atom is -0.302 e. The van der Waals surface area contributed by atoms with Crippen molar-refractivity contribution in [3.8, 4) is 0 Å². The number of aryl methyl sites for hydroxylation is 2. The number of hydrogen-bond donors (Lipinski definition) is 1. The van der Waals surface area contributed by atoms with Gasteiger partial charge in [-0.1, -0.05) is 26.7 Å². The maximum absolute atomic E-state index is 11.9. The molecular weight excluding hydrogens is 244 g/mol. The molecule has 0 spiro atoms. The highest BCUT2D eigenvalue weighted by molar-refractivity contribution is 7.15. The van der Waals surface area contributed by atoms with E-state index in [1.807, 2.05) is 6.92 Å². The Morgan fingerprint density at radius 3 is 2.94 bits per heavy atom. The van der Waals surface area contributed by atoms with Crippen LogP contribution in [0.5, 0.6) is 0 Å². The van der Waals surface area contributed by atoms with Gasteiger partial charge in [-0.2, -0.15) is 0 Å². The van der Waals surface area contributed by atoms with Crippen molar-refractivity contribution in [3.63, 3.8) is 0 Å². The summed E-state index contributed by atoms with van der Waals surface area (Å²) in [6.07, 6.45) is 7.99. The molecule has 3 nitrogen and oxygen atoms in total. The van der Waals surface area contributed by atoms with Crippen molar-refractivity contribution in [2.45, 2.75) is 58.8 Å². The first kappa shape index (κ1) is 13.5.